The number of imidazole rings is 1. The number of aromatic nitrogens is 3. The van der Waals surface area contributed by atoms with Crippen molar-refractivity contribution >= 4 is 34.8 Å². The largest absolute Gasteiger partial charge is 0.378 e. The van der Waals surface area contributed by atoms with E-state index in [0.29, 0.717) is 37.7 Å². The normalized spacial score (nSPS) is 13.9. The number of hydrogen-bond donors (Lipinski definition) is 3. The third kappa shape index (κ3) is 6.19. The van der Waals surface area contributed by atoms with E-state index in [0.717, 1.165) is 39.3 Å². The first-order valence-electron chi connectivity index (χ1n) is 14.3. The van der Waals surface area contributed by atoms with Crippen molar-refractivity contribution in [2.24, 2.45) is 0 Å². The van der Waals surface area contributed by atoms with Crippen LogP contribution in [0.25, 0.3) is 16.8 Å². The van der Waals surface area contributed by atoms with Crippen molar-refractivity contribution in [3.63, 3.8) is 0 Å². The van der Waals surface area contributed by atoms with E-state index in [2.05, 4.69) is 25.9 Å². The molecule has 10 nitrogen and oxygen atoms in total. The summed E-state index contributed by atoms with van der Waals surface area (Å²) in [6.07, 6.45) is 7.23. The summed E-state index contributed by atoms with van der Waals surface area (Å²) >= 11 is 0. The molecule has 1 fully saturated rings. The maximum atomic E-state index is 12.9. The molecule has 1 aliphatic rings. The molecule has 0 spiro atoms. The molecule has 43 heavy (non-hydrogen) atoms. The van der Waals surface area contributed by atoms with Crippen molar-refractivity contribution in [1.82, 2.24) is 24.6 Å². The molecule has 0 unspecified atom stereocenters. The van der Waals surface area contributed by atoms with Crippen molar-refractivity contribution in [1.29, 1.82) is 0 Å². The zero-order valence-electron chi connectivity index (χ0n) is 24.1. The van der Waals surface area contributed by atoms with E-state index in [1.807, 2.05) is 85.2 Å². The maximum Gasteiger partial charge on any atom is 0.319 e. The zero-order chi connectivity index (χ0) is 29.8. The second kappa shape index (κ2) is 12.3. The first-order chi connectivity index (χ1) is 21.0. The highest BCUT2D eigenvalue weighted by Crippen LogP contribution is 2.32. The van der Waals surface area contributed by atoms with E-state index in [9.17, 15) is 9.59 Å². The molecule has 3 amide bonds. The summed E-state index contributed by atoms with van der Waals surface area (Å²) < 4.78 is 7.30. The van der Waals surface area contributed by atoms with Crippen LogP contribution in [0.2, 0.25) is 0 Å². The quantitative estimate of drug-likeness (QED) is 0.226. The Hall–Kier alpha value is -5.22. The highest BCUT2D eigenvalue weighted by Gasteiger charge is 2.19. The van der Waals surface area contributed by atoms with Crippen molar-refractivity contribution in [2.45, 2.75) is 19.9 Å². The number of carbonyl (C=O) groups excluding carboxylic acids is 2. The van der Waals surface area contributed by atoms with Gasteiger partial charge in [-0.3, -0.25) is 4.79 Å². The Kier molecular flexibility index (Phi) is 8.01. The van der Waals surface area contributed by atoms with Gasteiger partial charge in [0, 0.05) is 49.1 Å². The van der Waals surface area contributed by atoms with Crippen molar-refractivity contribution in [2.75, 3.05) is 36.9 Å². The van der Waals surface area contributed by atoms with E-state index in [1.165, 1.54) is 0 Å². The summed E-state index contributed by atoms with van der Waals surface area (Å²) in [6, 6.07) is 20.9. The molecular formula is C33H33N7O3. The van der Waals surface area contributed by atoms with Gasteiger partial charge in [0.15, 0.2) is 5.65 Å². The number of anilines is 3. The lowest BCUT2D eigenvalue weighted by Gasteiger charge is -2.26. The number of hydrogen-bond acceptors (Lipinski definition) is 6. The summed E-state index contributed by atoms with van der Waals surface area (Å²) in [5.41, 5.74) is 6.61. The minimum atomic E-state index is -0.273. The SMILES string of the molecule is Cc1c(NC(=O)N[C@@H](C)c2ccccc2)cccc1-c1cc(Nc2ccc(C(=O)N3CCOCC3)cn2)c2nccn2c1. The van der Waals surface area contributed by atoms with Crippen LogP contribution in [0.1, 0.15) is 34.5 Å². The number of nitrogens with zero attached hydrogens (tertiary/aromatic N) is 4. The van der Waals surface area contributed by atoms with Crippen molar-refractivity contribution in [3.8, 4) is 11.1 Å². The van der Waals surface area contributed by atoms with Crippen LogP contribution in [-0.4, -0.2) is 57.5 Å². The van der Waals surface area contributed by atoms with Crippen molar-refractivity contribution < 1.29 is 14.3 Å². The summed E-state index contributed by atoms with van der Waals surface area (Å²) in [4.78, 5) is 36.5. The number of urea groups is 1. The number of ether oxygens (including phenoxy) is 1. The van der Waals surface area contributed by atoms with Crippen LogP contribution >= 0.6 is 0 Å². The lowest BCUT2D eigenvalue weighted by molar-refractivity contribution is 0.0302. The molecule has 0 radical (unpaired) electrons. The molecule has 0 saturated carbocycles. The minimum Gasteiger partial charge on any atom is -0.378 e. The highest BCUT2D eigenvalue weighted by molar-refractivity contribution is 5.94. The molecule has 218 valence electrons. The average molecular weight is 576 g/mol. The molecular weight excluding hydrogens is 542 g/mol. The Balaban J connectivity index is 1.22. The fourth-order valence-corrected chi connectivity index (χ4v) is 5.22. The van der Waals surface area contributed by atoms with E-state index < -0.39 is 0 Å². The second-order valence-electron chi connectivity index (χ2n) is 10.5. The van der Waals surface area contributed by atoms with Gasteiger partial charge in [0.25, 0.3) is 5.91 Å². The van der Waals surface area contributed by atoms with Crippen LogP contribution in [0, 0.1) is 6.92 Å². The lowest BCUT2D eigenvalue weighted by Crippen LogP contribution is -2.40. The molecule has 3 aromatic heterocycles. The van der Waals surface area contributed by atoms with E-state index in [1.54, 1.807) is 29.4 Å². The van der Waals surface area contributed by atoms with E-state index in [4.69, 9.17) is 4.74 Å². The molecule has 10 heteroatoms. The predicted octanol–water partition coefficient (Wildman–Crippen LogP) is 5.80. The zero-order valence-corrected chi connectivity index (χ0v) is 24.1. The van der Waals surface area contributed by atoms with E-state index >= 15 is 0 Å². The fraction of sp³-hybridized carbons (Fsp3) is 0.212. The fourth-order valence-electron chi connectivity index (χ4n) is 5.22. The standard InChI is InChI=1S/C33H33N7O3/c1-22-27(9-6-10-28(22)38-33(42)36-23(2)24-7-4-3-5-8-24)26-19-29(31-34-13-14-40(31)21-26)37-30-12-11-25(20-35-30)32(41)39-15-17-43-18-16-39/h3-14,19-21,23H,15-18H2,1-2H3,(H,35,37)(H2,36,38,42)/t23-/m0/s1. The number of amides is 3. The van der Waals surface area contributed by atoms with Gasteiger partial charge in [-0.25, -0.2) is 14.8 Å². The number of fused-ring (bicyclic) bond motifs is 1. The Morgan fingerprint density at radius 1 is 0.953 bits per heavy atom. The van der Waals surface area contributed by atoms with Gasteiger partial charge in [0.05, 0.1) is 30.5 Å². The van der Waals surface area contributed by atoms with Crippen LogP contribution in [-0.2, 0) is 4.74 Å². The first-order valence-corrected chi connectivity index (χ1v) is 14.3. The van der Waals surface area contributed by atoms with Gasteiger partial charge in [-0.1, -0.05) is 42.5 Å². The summed E-state index contributed by atoms with van der Waals surface area (Å²) in [5, 5.41) is 9.40. The molecule has 1 atom stereocenters. The monoisotopic (exact) mass is 575 g/mol. The smallest absolute Gasteiger partial charge is 0.319 e. The number of nitrogens with one attached hydrogen (secondary N) is 3. The summed E-state index contributed by atoms with van der Waals surface area (Å²) in [7, 11) is 0. The number of carbonyl (C=O) groups is 2. The van der Waals surface area contributed by atoms with Gasteiger partial charge >= 0.3 is 6.03 Å². The summed E-state index contributed by atoms with van der Waals surface area (Å²) in [6.45, 7) is 6.21. The van der Waals surface area contributed by atoms with Crippen molar-refractivity contribution in [3.05, 3.63) is 108 Å². The first kappa shape index (κ1) is 27.9. The topological polar surface area (TPSA) is 113 Å². The molecule has 1 aliphatic heterocycles. The van der Waals surface area contributed by atoms with Crippen LogP contribution in [0.15, 0.2) is 91.5 Å². The molecule has 1 saturated heterocycles. The number of rotatable bonds is 7. The molecule has 2 aromatic carbocycles. The van der Waals surface area contributed by atoms with E-state index in [-0.39, 0.29) is 18.0 Å². The molecule has 5 aromatic rings. The van der Waals surface area contributed by atoms with Gasteiger partial charge in [-0.05, 0) is 54.8 Å². The molecule has 0 aliphatic carbocycles. The third-order valence-electron chi connectivity index (χ3n) is 7.60. The highest BCUT2D eigenvalue weighted by atomic mass is 16.5. The van der Waals surface area contributed by atoms with Gasteiger partial charge in [0.1, 0.15) is 5.82 Å². The van der Waals surface area contributed by atoms with Gasteiger partial charge in [-0.15, -0.1) is 0 Å². The van der Waals surface area contributed by atoms with Gasteiger partial charge in [0.2, 0.25) is 0 Å². The van der Waals surface area contributed by atoms with Crippen LogP contribution in [0.5, 0.6) is 0 Å². The molecule has 4 heterocycles. The Labute approximate surface area is 249 Å². The van der Waals surface area contributed by atoms with Gasteiger partial charge in [-0.2, -0.15) is 0 Å². The minimum absolute atomic E-state index is 0.0489. The molecule has 6 rings (SSSR count). The average Bonchev–Trinajstić information content (AvgIpc) is 3.52. The second-order valence-corrected chi connectivity index (χ2v) is 10.5. The number of morpholine rings is 1. The maximum absolute atomic E-state index is 12.9. The lowest BCUT2D eigenvalue weighted by atomic mass is 10.00. The molecule has 3 N–H and O–H groups in total. The third-order valence-corrected chi connectivity index (χ3v) is 7.60. The van der Waals surface area contributed by atoms with Gasteiger partial charge < -0.3 is 30.0 Å². The predicted molar refractivity (Wildman–Crippen MR) is 167 cm³/mol. The Bertz CT molecular complexity index is 1750. The van der Waals surface area contributed by atoms with Crippen LogP contribution in [0.3, 0.4) is 0 Å². The van der Waals surface area contributed by atoms with Crippen LogP contribution < -0.4 is 16.0 Å². The van der Waals surface area contributed by atoms with Crippen LogP contribution in [0.4, 0.5) is 22.0 Å². The summed E-state index contributed by atoms with van der Waals surface area (Å²) in [5.74, 6) is 0.545. The number of pyridine rings is 2. The number of benzene rings is 2. The Morgan fingerprint density at radius 2 is 1.77 bits per heavy atom. The molecule has 0 bridgehead atoms. The Morgan fingerprint density at radius 3 is 2.53 bits per heavy atom.